The molecule has 0 aliphatic carbocycles. The predicted octanol–water partition coefficient (Wildman–Crippen LogP) is 0.903. The van der Waals surface area contributed by atoms with Crippen molar-refractivity contribution in [1.82, 2.24) is 9.97 Å². The van der Waals surface area contributed by atoms with Crippen LogP contribution in [0, 0.1) is 0 Å². The van der Waals surface area contributed by atoms with Gasteiger partial charge in [-0.05, 0) is 33.6 Å². The summed E-state index contributed by atoms with van der Waals surface area (Å²) in [5, 5.41) is 0.773. The van der Waals surface area contributed by atoms with E-state index in [1.54, 1.807) is 20.8 Å². The van der Waals surface area contributed by atoms with Crippen LogP contribution in [0.3, 0.4) is 0 Å². The Morgan fingerprint density at radius 2 is 2.10 bits per heavy atom. The topological polar surface area (TPSA) is 121 Å². The third kappa shape index (κ3) is 6.61. The molecule has 0 aliphatic rings. The van der Waals surface area contributed by atoms with Crippen molar-refractivity contribution in [3.8, 4) is 0 Å². The molecule has 0 saturated heterocycles. The molecule has 0 spiro atoms. The molecular weight excluding hydrogens is 296 g/mol. The first-order chi connectivity index (χ1) is 9.69. The van der Waals surface area contributed by atoms with Gasteiger partial charge in [-0.15, -0.1) is 0 Å². The van der Waals surface area contributed by atoms with E-state index in [1.165, 1.54) is 12.4 Å². The van der Waals surface area contributed by atoms with Crippen LogP contribution in [0.4, 0.5) is 10.6 Å². The molecule has 1 amide bonds. The molecule has 2 N–H and O–H groups in total. The van der Waals surface area contributed by atoms with Crippen molar-refractivity contribution in [2.24, 2.45) is 5.84 Å². The van der Waals surface area contributed by atoms with Crippen molar-refractivity contribution in [3.05, 3.63) is 18.1 Å². The van der Waals surface area contributed by atoms with Crippen LogP contribution >= 0.6 is 0 Å². The van der Waals surface area contributed by atoms with E-state index in [1.807, 2.05) is 0 Å². The number of carbonyl (C=O) groups is 1. The standard InChI is InChI=1S/C12H20N4O4S/c1-12(2,3)20-11(17)16(13)10-8-14-9(7-15-10)5-4-6-21(18)19/h7-8H,4-6,13H2,1-3H3,(H,18,19)/p-1. The van der Waals surface area contributed by atoms with Crippen molar-refractivity contribution in [3.63, 3.8) is 0 Å². The average molecular weight is 315 g/mol. The summed E-state index contributed by atoms with van der Waals surface area (Å²) < 4.78 is 25.9. The van der Waals surface area contributed by atoms with Crippen molar-refractivity contribution < 1.29 is 18.3 Å². The molecule has 0 saturated carbocycles. The summed E-state index contributed by atoms with van der Waals surface area (Å²) in [6.07, 6.45) is 3.01. The molecule has 0 bridgehead atoms. The van der Waals surface area contributed by atoms with Crippen LogP contribution in [0.1, 0.15) is 32.9 Å². The minimum absolute atomic E-state index is 0.0738. The average Bonchev–Trinajstić information content (AvgIpc) is 2.36. The molecule has 1 heterocycles. The lowest BCUT2D eigenvalue weighted by Gasteiger charge is -2.23. The van der Waals surface area contributed by atoms with E-state index >= 15 is 0 Å². The number of rotatable bonds is 5. The normalized spacial score (nSPS) is 12.8. The predicted molar refractivity (Wildman–Crippen MR) is 77.0 cm³/mol. The molecule has 1 aromatic rings. The van der Waals surface area contributed by atoms with E-state index in [0.29, 0.717) is 18.5 Å². The molecule has 1 unspecified atom stereocenters. The molecule has 0 fully saturated rings. The van der Waals surface area contributed by atoms with Gasteiger partial charge < -0.3 is 9.29 Å². The number of ether oxygens (including phenoxy) is 1. The minimum atomic E-state index is -2.05. The Morgan fingerprint density at radius 1 is 1.43 bits per heavy atom. The maximum Gasteiger partial charge on any atom is 0.430 e. The van der Waals surface area contributed by atoms with Crippen LogP contribution in [0.25, 0.3) is 0 Å². The number of amides is 1. The summed E-state index contributed by atoms with van der Waals surface area (Å²) >= 11 is -2.05. The van der Waals surface area contributed by atoms with E-state index in [4.69, 9.17) is 10.6 Å². The number of anilines is 1. The van der Waals surface area contributed by atoms with Gasteiger partial charge in [-0.3, -0.25) is 9.19 Å². The largest absolute Gasteiger partial charge is 0.772 e. The first kappa shape index (κ1) is 17.5. The fraction of sp³-hybridized carbons (Fsp3) is 0.583. The highest BCUT2D eigenvalue weighted by Crippen LogP contribution is 2.12. The second-order valence-electron chi connectivity index (χ2n) is 5.33. The highest BCUT2D eigenvalue weighted by atomic mass is 32.2. The van der Waals surface area contributed by atoms with Crippen LogP contribution in [-0.4, -0.2) is 36.2 Å². The monoisotopic (exact) mass is 315 g/mol. The Hall–Kier alpha value is -1.58. The second-order valence-corrected chi connectivity index (χ2v) is 6.34. The van der Waals surface area contributed by atoms with Gasteiger partial charge in [-0.2, -0.15) is 5.01 Å². The molecule has 1 rings (SSSR count). The van der Waals surface area contributed by atoms with Crippen molar-refractivity contribution in [2.45, 2.75) is 39.2 Å². The number of aryl methyl sites for hydroxylation is 1. The van der Waals surface area contributed by atoms with E-state index in [-0.39, 0.29) is 11.6 Å². The third-order valence-corrected chi connectivity index (χ3v) is 2.89. The van der Waals surface area contributed by atoms with E-state index in [2.05, 4.69) is 9.97 Å². The maximum atomic E-state index is 11.7. The maximum absolute atomic E-state index is 11.7. The summed E-state index contributed by atoms with van der Waals surface area (Å²) in [7, 11) is 0. The van der Waals surface area contributed by atoms with Gasteiger partial charge in [-0.25, -0.2) is 15.6 Å². The quantitative estimate of drug-likeness (QED) is 0.371. The molecule has 9 heteroatoms. The molecule has 21 heavy (non-hydrogen) atoms. The number of nitrogens with zero attached hydrogens (tertiary/aromatic N) is 3. The van der Waals surface area contributed by atoms with Crippen LogP contribution < -0.4 is 10.9 Å². The highest BCUT2D eigenvalue weighted by molar-refractivity contribution is 7.79. The number of nitrogens with two attached hydrogens (primary N) is 1. The summed E-state index contributed by atoms with van der Waals surface area (Å²) in [4.78, 5) is 19.8. The van der Waals surface area contributed by atoms with Crippen LogP contribution in [0.5, 0.6) is 0 Å². The van der Waals surface area contributed by atoms with Gasteiger partial charge in [0.2, 0.25) is 0 Å². The fourth-order valence-electron chi connectivity index (χ4n) is 1.38. The highest BCUT2D eigenvalue weighted by Gasteiger charge is 2.22. The Balaban J connectivity index is 2.60. The Labute approximate surface area is 126 Å². The molecular formula is C12H19N4O4S-. The van der Waals surface area contributed by atoms with Gasteiger partial charge >= 0.3 is 6.09 Å². The van der Waals surface area contributed by atoms with Gasteiger partial charge in [-0.1, -0.05) is 11.1 Å². The number of hydrazine groups is 1. The van der Waals surface area contributed by atoms with Crippen LogP contribution in [-0.2, 0) is 22.2 Å². The lowest BCUT2D eigenvalue weighted by Crippen LogP contribution is -2.42. The molecule has 118 valence electrons. The van der Waals surface area contributed by atoms with E-state index in [9.17, 15) is 13.6 Å². The van der Waals surface area contributed by atoms with E-state index < -0.39 is 22.8 Å². The fourth-order valence-corrected chi connectivity index (χ4v) is 1.76. The van der Waals surface area contributed by atoms with Crippen molar-refractivity contribution in [1.29, 1.82) is 0 Å². The Kier molecular flexibility index (Phi) is 6.19. The van der Waals surface area contributed by atoms with Gasteiger partial charge in [0.25, 0.3) is 0 Å². The van der Waals surface area contributed by atoms with Gasteiger partial charge in [0, 0.05) is 5.75 Å². The summed E-state index contributed by atoms with van der Waals surface area (Å²) in [5.74, 6) is 5.84. The summed E-state index contributed by atoms with van der Waals surface area (Å²) in [6.45, 7) is 5.19. The number of hydrogen-bond donors (Lipinski definition) is 1. The molecule has 0 aromatic carbocycles. The minimum Gasteiger partial charge on any atom is -0.772 e. The zero-order chi connectivity index (χ0) is 16.0. The summed E-state index contributed by atoms with van der Waals surface area (Å²) in [6, 6.07) is 0. The van der Waals surface area contributed by atoms with Crippen molar-refractivity contribution >= 4 is 23.0 Å². The second kappa shape index (κ2) is 7.43. The zero-order valence-electron chi connectivity index (χ0n) is 12.2. The lowest BCUT2D eigenvalue weighted by molar-refractivity contribution is 0.0578. The molecule has 0 aliphatic heterocycles. The molecule has 8 nitrogen and oxygen atoms in total. The Bertz CT molecular complexity index is 501. The Morgan fingerprint density at radius 3 is 2.57 bits per heavy atom. The van der Waals surface area contributed by atoms with Gasteiger partial charge in [0.05, 0.1) is 18.1 Å². The SMILES string of the molecule is CC(C)(C)OC(=O)N(N)c1cnc(CCCS(=O)[O-])cn1. The smallest absolute Gasteiger partial charge is 0.430 e. The molecule has 0 radical (unpaired) electrons. The van der Waals surface area contributed by atoms with Crippen LogP contribution in [0.2, 0.25) is 0 Å². The number of carbonyl (C=O) groups excluding carboxylic acids is 1. The van der Waals surface area contributed by atoms with Crippen LogP contribution in [0.15, 0.2) is 12.4 Å². The first-order valence-electron chi connectivity index (χ1n) is 6.33. The zero-order valence-corrected chi connectivity index (χ0v) is 13.1. The lowest BCUT2D eigenvalue weighted by atomic mass is 10.2. The van der Waals surface area contributed by atoms with E-state index in [0.717, 1.165) is 5.01 Å². The van der Waals surface area contributed by atoms with Crippen molar-refractivity contribution in [2.75, 3.05) is 10.8 Å². The van der Waals surface area contributed by atoms with Gasteiger partial charge in [0.15, 0.2) is 5.82 Å². The van der Waals surface area contributed by atoms with Gasteiger partial charge in [0.1, 0.15) is 5.60 Å². The molecule has 1 aromatic heterocycles. The number of hydrogen-bond acceptors (Lipinski definition) is 7. The number of aromatic nitrogens is 2. The summed E-state index contributed by atoms with van der Waals surface area (Å²) in [5.41, 5.74) is -0.0300. The third-order valence-electron chi connectivity index (χ3n) is 2.27. The molecule has 1 atom stereocenters. The first-order valence-corrected chi connectivity index (χ1v) is 7.58.